The van der Waals surface area contributed by atoms with Gasteiger partial charge in [0.1, 0.15) is 11.9 Å². The fourth-order valence-corrected chi connectivity index (χ4v) is 1.78. The molecule has 1 N–H and O–H groups in total. The number of ether oxygens (including phenoxy) is 1. The number of aliphatic hydroxyl groups excluding tert-OH is 1. The molecule has 0 aliphatic heterocycles. The minimum Gasteiger partial charge on any atom is -0.496 e. The van der Waals surface area contributed by atoms with E-state index >= 15 is 0 Å². The minimum absolute atomic E-state index is 0.116. The monoisotopic (exact) mass is 250 g/mol. The molecular formula is C14H12F2O2. The highest BCUT2D eigenvalue weighted by molar-refractivity contribution is 5.41. The molecule has 0 bridgehead atoms. The summed E-state index contributed by atoms with van der Waals surface area (Å²) < 4.78 is 32.0. The van der Waals surface area contributed by atoms with Gasteiger partial charge in [-0.3, -0.25) is 0 Å². The van der Waals surface area contributed by atoms with Crippen LogP contribution in [0.25, 0.3) is 0 Å². The summed E-state index contributed by atoms with van der Waals surface area (Å²) in [5.41, 5.74) is 0.281. The first-order valence-corrected chi connectivity index (χ1v) is 5.40. The molecule has 4 heteroatoms. The van der Waals surface area contributed by atoms with Crippen LogP contribution in [0.4, 0.5) is 8.78 Å². The quantitative estimate of drug-likeness (QED) is 0.907. The summed E-state index contributed by atoms with van der Waals surface area (Å²) in [5.74, 6) is -1.99. The summed E-state index contributed by atoms with van der Waals surface area (Å²) in [6.07, 6.45) is -1.27. The number of benzene rings is 2. The van der Waals surface area contributed by atoms with E-state index in [0.717, 1.165) is 6.07 Å². The second kappa shape index (κ2) is 5.14. The summed E-state index contributed by atoms with van der Waals surface area (Å²) in [6.45, 7) is 0. The lowest BCUT2D eigenvalue weighted by Crippen LogP contribution is -2.07. The summed E-state index contributed by atoms with van der Waals surface area (Å²) in [5, 5.41) is 10.1. The largest absolute Gasteiger partial charge is 0.496 e. The molecule has 0 saturated carbocycles. The Morgan fingerprint density at radius 1 is 1.06 bits per heavy atom. The lowest BCUT2D eigenvalue weighted by atomic mass is 10.00. The summed E-state index contributed by atoms with van der Waals surface area (Å²) in [7, 11) is 1.34. The first-order valence-electron chi connectivity index (χ1n) is 5.40. The fraction of sp³-hybridized carbons (Fsp3) is 0.143. The van der Waals surface area contributed by atoms with Gasteiger partial charge < -0.3 is 9.84 Å². The molecule has 0 radical (unpaired) electrons. The van der Waals surface area contributed by atoms with Crippen LogP contribution in [0.15, 0.2) is 42.5 Å². The molecule has 0 spiro atoms. The molecule has 94 valence electrons. The zero-order valence-electron chi connectivity index (χ0n) is 9.73. The standard InChI is InChI=1S/C14H12F2O2/c1-18-11-8-7-10(15)13(16)12(11)14(17)9-5-3-2-4-6-9/h2-8,14,17H,1H3. The van der Waals surface area contributed by atoms with E-state index in [-0.39, 0.29) is 11.3 Å². The van der Waals surface area contributed by atoms with Crippen LogP contribution in [0.3, 0.4) is 0 Å². The molecule has 0 aliphatic carbocycles. The van der Waals surface area contributed by atoms with Crippen molar-refractivity contribution in [3.63, 3.8) is 0 Å². The molecule has 0 aromatic heterocycles. The van der Waals surface area contributed by atoms with Gasteiger partial charge in [-0.05, 0) is 17.7 Å². The zero-order chi connectivity index (χ0) is 13.1. The molecule has 0 fully saturated rings. The zero-order valence-corrected chi connectivity index (χ0v) is 9.73. The van der Waals surface area contributed by atoms with Gasteiger partial charge in [0.15, 0.2) is 11.6 Å². The van der Waals surface area contributed by atoms with Crippen LogP contribution < -0.4 is 4.74 Å². The highest BCUT2D eigenvalue weighted by atomic mass is 19.2. The molecule has 1 atom stereocenters. The van der Waals surface area contributed by atoms with Crippen molar-refractivity contribution in [3.05, 3.63) is 65.2 Å². The Balaban J connectivity index is 2.53. The van der Waals surface area contributed by atoms with Crippen LogP contribution in [0, 0.1) is 11.6 Å². The van der Waals surface area contributed by atoms with Crippen molar-refractivity contribution in [1.29, 1.82) is 0 Å². The Morgan fingerprint density at radius 2 is 1.72 bits per heavy atom. The Bertz CT molecular complexity index is 541. The molecular weight excluding hydrogens is 238 g/mol. The molecule has 18 heavy (non-hydrogen) atoms. The summed E-state index contributed by atoms with van der Waals surface area (Å²) in [4.78, 5) is 0. The molecule has 0 saturated heterocycles. The van der Waals surface area contributed by atoms with Gasteiger partial charge in [-0.25, -0.2) is 8.78 Å². The van der Waals surface area contributed by atoms with E-state index in [1.807, 2.05) is 0 Å². The average molecular weight is 250 g/mol. The van der Waals surface area contributed by atoms with Gasteiger partial charge in [0.2, 0.25) is 0 Å². The number of methoxy groups -OCH3 is 1. The van der Waals surface area contributed by atoms with Gasteiger partial charge in [0, 0.05) is 0 Å². The van der Waals surface area contributed by atoms with Crippen LogP contribution in [-0.4, -0.2) is 12.2 Å². The van der Waals surface area contributed by atoms with Crippen molar-refractivity contribution in [3.8, 4) is 5.75 Å². The maximum absolute atomic E-state index is 13.8. The lowest BCUT2D eigenvalue weighted by molar-refractivity contribution is 0.207. The predicted molar refractivity (Wildman–Crippen MR) is 63.4 cm³/mol. The topological polar surface area (TPSA) is 29.5 Å². The van der Waals surface area contributed by atoms with Gasteiger partial charge in [-0.1, -0.05) is 30.3 Å². The van der Waals surface area contributed by atoms with E-state index in [4.69, 9.17) is 4.74 Å². The normalized spacial score (nSPS) is 12.2. The van der Waals surface area contributed by atoms with Crippen molar-refractivity contribution in [1.82, 2.24) is 0 Å². The van der Waals surface area contributed by atoms with Crippen LogP contribution in [0.1, 0.15) is 17.2 Å². The molecule has 0 amide bonds. The number of rotatable bonds is 3. The Hall–Kier alpha value is -1.94. The van der Waals surface area contributed by atoms with E-state index in [1.54, 1.807) is 30.3 Å². The molecule has 1 unspecified atom stereocenters. The average Bonchev–Trinajstić information content (AvgIpc) is 2.42. The second-order valence-electron chi connectivity index (χ2n) is 3.79. The van der Waals surface area contributed by atoms with E-state index in [1.165, 1.54) is 13.2 Å². The maximum Gasteiger partial charge on any atom is 0.168 e. The van der Waals surface area contributed by atoms with Crippen molar-refractivity contribution in [2.24, 2.45) is 0 Å². The number of halogens is 2. The van der Waals surface area contributed by atoms with Crippen molar-refractivity contribution in [2.75, 3.05) is 7.11 Å². The van der Waals surface area contributed by atoms with Crippen molar-refractivity contribution in [2.45, 2.75) is 6.10 Å². The van der Waals surface area contributed by atoms with Gasteiger partial charge in [-0.15, -0.1) is 0 Å². The summed E-state index contributed by atoms with van der Waals surface area (Å²) >= 11 is 0. The minimum atomic E-state index is -1.27. The predicted octanol–water partition coefficient (Wildman–Crippen LogP) is 3.06. The number of hydrogen-bond donors (Lipinski definition) is 1. The highest BCUT2D eigenvalue weighted by Gasteiger charge is 2.22. The van der Waals surface area contributed by atoms with Gasteiger partial charge in [-0.2, -0.15) is 0 Å². The SMILES string of the molecule is COc1ccc(F)c(F)c1C(O)c1ccccc1. The van der Waals surface area contributed by atoms with E-state index in [2.05, 4.69) is 0 Å². The number of aliphatic hydroxyl groups is 1. The fourth-order valence-electron chi connectivity index (χ4n) is 1.78. The maximum atomic E-state index is 13.8. The van der Waals surface area contributed by atoms with E-state index in [9.17, 15) is 13.9 Å². The van der Waals surface area contributed by atoms with Crippen molar-refractivity contribution >= 4 is 0 Å². The van der Waals surface area contributed by atoms with Crippen LogP contribution in [0.5, 0.6) is 5.75 Å². The van der Waals surface area contributed by atoms with Gasteiger partial charge in [0.25, 0.3) is 0 Å². The first-order chi connectivity index (χ1) is 8.65. The van der Waals surface area contributed by atoms with Crippen molar-refractivity contribution < 1.29 is 18.6 Å². The molecule has 0 aliphatic rings. The third kappa shape index (κ3) is 2.19. The number of hydrogen-bond acceptors (Lipinski definition) is 2. The molecule has 0 heterocycles. The molecule has 2 rings (SSSR count). The smallest absolute Gasteiger partial charge is 0.168 e. The Labute approximate surface area is 103 Å². The molecule has 2 nitrogen and oxygen atoms in total. The van der Waals surface area contributed by atoms with Crippen LogP contribution in [0.2, 0.25) is 0 Å². The van der Waals surface area contributed by atoms with Gasteiger partial charge in [0.05, 0.1) is 12.7 Å². The van der Waals surface area contributed by atoms with E-state index < -0.39 is 17.7 Å². The van der Waals surface area contributed by atoms with Crippen LogP contribution in [-0.2, 0) is 0 Å². The molecule has 2 aromatic rings. The Morgan fingerprint density at radius 3 is 2.33 bits per heavy atom. The highest BCUT2D eigenvalue weighted by Crippen LogP contribution is 2.33. The third-order valence-electron chi connectivity index (χ3n) is 2.70. The van der Waals surface area contributed by atoms with Crippen LogP contribution >= 0.6 is 0 Å². The summed E-state index contributed by atoms with van der Waals surface area (Å²) in [6, 6.07) is 10.7. The molecule has 2 aromatic carbocycles. The van der Waals surface area contributed by atoms with Gasteiger partial charge >= 0.3 is 0 Å². The Kier molecular flexibility index (Phi) is 3.58. The van der Waals surface area contributed by atoms with E-state index in [0.29, 0.717) is 5.56 Å². The third-order valence-corrected chi connectivity index (χ3v) is 2.70. The lowest BCUT2D eigenvalue weighted by Gasteiger charge is -2.16. The first kappa shape index (κ1) is 12.5. The second-order valence-corrected chi connectivity index (χ2v) is 3.79.